The minimum Gasteiger partial charge on any atom is -0.432 e. The number of carbonyl (C=O) groups excluding carboxylic acids is 2. The molecule has 0 bridgehead atoms. The first-order valence-corrected chi connectivity index (χ1v) is 17.2. The molecule has 1 aliphatic heterocycles. The van der Waals surface area contributed by atoms with Gasteiger partial charge in [0.05, 0.1) is 30.8 Å². The zero-order valence-corrected chi connectivity index (χ0v) is 28.0. The molecule has 0 aromatic rings. The van der Waals surface area contributed by atoms with E-state index in [9.17, 15) is 45.3 Å². The van der Waals surface area contributed by atoms with Crippen molar-refractivity contribution >= 4 is 11.8 Å². The van der Waals surface area contributed by atoms with E-state index in [-0.39, 0.29) is 54.3 Å². The smallest absolute Gasteiger partial charge is 0.317 e. The highest BCUT2D eigenvalue weighted by atomic mass is 16.7. The molecular weight excluding hydrogens is 596 g/mol. The molecule has 46 heavy (non-hydrogen) atoms. The van der Waals surface area contributed by atoms with Gasteiger partial charge in [0.15, 0.2) is 0 Å². The molecule has 1 heterocycles. The molecule has 0 aromatic carbocycles. The number of hydrogen-bond donors (Lipinski definition) is 7. The highest BCUT2D eigenvalue weighted by Crippen LogP contribution is 2.69. The second-order valence-electron chi connectivity index (χ2n) is 16.2. The van der Waals surface area contributed by atoms with Crippen molar-refractivity contribution < 1.29 is 54.8 Å². The fraction of sp³-hybridized carbons (Fsp3) is 0.886. The monoisotopic (exact) mass is 652 g/mol. The number of fused-ring (bicyclic) bond motifs is 5. The van der Waals surface area contributed by atoms with Gasteiger partial charge in [0.1, 0.15) is 30.2 Å². The first kappa shape index (κ1) is 35.9. The van der Waals surface area contributed by atoms with E-state index in [4.69, 9.17) is 9.47 Å². The lowest BCUT2D eigenvalue weighted by atomic mass is 9.39. The molecule has 15 atom stereocenters. The Morgan fingerprint density at radius 2 is 1.67 bits per heavy atom. The van der Waals surface area contributed by atoms with Crippen molar-refractivity contribution in [2.75, 3.05) is 13.2 Å². The van der Waals surface area contributed by atoms with Gasteiger partial charge in [-0.25, -0.2) is 0 Å². The Morgan fingerprint density at radius 3 is 2.30 bits per heavy atom. The number of allylic oxidation sites excluding steroid dienone is 2. The van der Waals surface area contributed by atoms with Gasteiger partial charge in [-0.15, -0.1) is 0 Å². The van der Waals surface area contributed by atoms with E-state index in [0.29, 0.717) is 19.3 Å². The van der Waals surface area contributed by atoms with E-state index >= 15 is 0 Å². The third-order valence-corrected chi connectivity index (χ3v) is 13.9. The second kappa shape index (κ2) is 12.8. The van der Waals surface area contributed by atoms with Crippen LogP contribution in [0.3, 0.4) is 0 Å². The summed E-state index contributed by atoms with van der Waals surface area (Å²) in [7, 11) is 0. The summed E-state index contributed by atoms with van der Waals surface area (Å²) in [6.07, 6.45) is -2.57. The Hall–Kier alpha value is -1.44. The third kappa shape index (κ3) is 5.50. The molecule has 5 rings (SSSR count). The number of carbonyl (C=O) groups is 2. The van der Waals surface area contributed by atoms with Crippen LogP contribution in [0.25, 0.3) is 0 Å². The average Bonchev–Trinajstić information content (AvgIpc) is 3.01. The summed E-state index contributed by atoms with van der Waals surface area (Å²) in [5.74, 6) is -0.567. The molecule has 11 heteroatoms. The van der Waals surface area contributed by atoms with Gasteiger partial charge in [-0.05, 0) is 93.3 Å². The standard InChI is InChI=1S/C35H56O11/c1-18(19(2)38)10-13-35(31(44)46-30-29(43)28(42)27(41)23(16-36)45-30)14-20-6-7-21-22(33(20,4)15-26(35)40)8-9-24-32(21,3)12-11-25(39)34(24,5)17-37/h6,18,21-30,36-37,39-43H,7-17H2,1-5H3/t18-,21+,22+,23-,24-,25-,26-,27-,28+,29-,30+,32-,33-,34-,35-/m1/s1. The number of rotatable bonds is 8. The van der Waals surface area contributed by atoms with Crippen LogP contribution >= 0.6 is 0 Å². The van der Waals surface area contributed by atoms with Crippen LogP contribution in [0, 0.1) is 45.3 Å². The fourth-order valence-electron chi connectivity index (χ4n) is 10.4. The van der Waals surface area contributed by atoms with Gasteiger partial charge >= 0.3 is 5.97 Å². The quantitative estimate of drug-likeness (QED) is 0.149. The molecule has 0 unspecified atom stereocenters. The van der Waals surface area contributed by atoms with Crippen LogP contribution in [0.1, 0.15) is 92.4 Å². The molecule has 4 fully saturated rings. The molecule has 7 N–H and O–H groups in total. The number of aliphatic hydroxyl groups excluding tert-OH is 7. The number of aliphatic hydroxyl groups is 7. The minimum absolute atomic E-state index is 0.0372. The lowest BCUT2D eigenvalue weighted by Gasteiger charge is -2.66. The molecule has 0 spiro atoms. The van der Waals surface area contributed by atoms with Crippen molar-refractivity contribution in [3.8, 4) is 0 Å². The van der Waals surface area contributed by atoms with Gasteiger partial charge in [-0.3, -0.25) is 9.59 Å². The Bertz CT molecular complexity index is 1190. The second-order valence-corrected chi connectivity index (χ2v) is 16.2. The maximum Gasteiger partial charge on any atom is 0.317 e. The highest BCUT2D eigenvalue weighted by Gasteiger charge is 2.65. The molecule has 4 aliphatic carbocycles. The fourth-order valence-corrected chi connectivity index (χ4v) is 10.4. The maximum absolute atomic E-state index is 14.2. The summed E-state index contributed by atoms with van der Waals surface area (Å²) in [5, 5.41) is 74.2. The van der Waals surface area contributed by atoms with E-state index in [2.05, 4.69) is 19.9 Å². The Kier molecular flexibility index (Phi) is 9.97. The molecule has 262 valence electrons. The number of esters is 1. The SMILES string of the molecule is CC(=O)[C@H](C)CC[C@@]1(C(=O)O[C@@H]2O[C@H](CO)[C@@H](O)[C@H](O)[C@H]2O)CC2=CC[C@H]3[C@H](CC[C@@H]4[C@]3(C)CC[C@@H](O)[C@]4(C)CO)[C@]2(C)C[C@H]1O. The van der Waals surface area contributed by atoms with Crippen molar-refractivity contribution in [3.63, 3.8) is 0 Å². The lowest BCUT2D eigenvalue weighted by Crippen LogP contribution is -2.63. The van der Waals surface area contributed by atoms with E-state index in [1.165, 1.54) is 6.92 Å². The first-order chi connectivity index (χ1) is 21.5. The lowest BCUT2D eigenvalue weighted by molar-refractivity contribution is -0.297. The molecular formula is C35H56O11. The van der Waals surface area contributed by atoms with Crippen LogP contribution in [0.5, 0.6) is 0 Å². The largest absolute Gasteiger partial charge is 0.432 e. The number of hydrogen-bond acceptors (Lipinski definition) is 11. The van der Waals surface area contributed by atoms with Crippen molar-refractivity contribution in [2.24, 2.45) is 45.3 Å². The minimum atomic E-state index is -1.77. The van der Waals surface area contributed by atoms with Crippen LogP contribution in [0.15, 0.2) is 11.6 Å². The van der Waals surface area contributed by atoms with Crippen molar-refractivity contribution in [2.45, 2.75) is 135 Å². The Labute approximate surface area is 272 Å². The number of ether oxygens (including phenoxy) is 2. The van der Waals surface area contributed by atoms with Gasteiger partial charge in [0.25, 0.3) is 0 Å². The van der Waals surface area contributed by atoms with Gasteiger partial charge in [-0.2, -0.15) is 0 Å². The van der Waals surface area contributed by atoms with Gasteiger partial charge in [0, 0.05) is 11.3 Å². The molecule has 0 amide bonds. The molecule has 1 saturated heterocycles. The topological polar surface area (TPSA) is 194 Å². The van der Waals surface area contributed by atoms with E-state index < -0.39 is 71.7 Å². The summed E-state index contributed by atoms with van der Waals surface area (Å²) in [6.45, 7) is 9.02. The first-order valence-electron chi connectivity index (χ1n) is 17.2. The summed E-state index contributed by atoms with van der Waals surface area (Å²) >= 11 is 0. The molecule has 3 saturated carbocycles. The van der Waals surface area contributed by atoms with Crippen LogP contribution in [0.4, 0.5) is 0 Å². The number of Topliss-reactive ketones (excluding diaryl/α,β-unsaturated/α-hetero) is 1. The normalized spacial score (nSPS) is 49.5. The molecule has 0 radical (unpaired) electrons. The van der Waals surface area contributed by atoms with Gasteiger partial charge in [0.2, 0.25) is 6.29 Å². The number of ketones is 1. The van der Waals surface area contributed by atoms with Gasteiger partial charge in [-0.1, -0.05) is 39.3 Å². The predicted octanol–water partition coefficient (Wildman–Crippen LogP) is 1.61. The van der Waals surface area contributed by atoms with Crippen molar-refractivity contribution in [1.82, 2.24) is 0 Å². The predicted molar refractivity (Wildman–Crippen MR) is 166 cm³/mol. The van der Waals surface area contributed by atoms with Crippen LogP contribution in [0.2, 0.25) is 0 Å². The van der Waals surface area contributed by atoms with E-state index in [0.717, 1.165) is 31.3 Å². The summed E-state index contributed by atoms with van der Waals surface area (Å²) in [4.78, 5) is 26.4. The third-order valence-electron chi connectivity index (χ3n) is 13.9. The maximum atomic E-state index is 14.2. The van der Waals surface area contributed by atoms with Crippen LogP contribution in [-0.4, -0.2) is 104 Å². The van der Waals surface area contributed by atoms with Gasteiger partial charge < -0.3 is 45.2 Å². The summed E-state index contributed by atoms with van der Waals surface area (Å²) in [6, 6.07) is 0. The van der Waals surface area contributed by atoms with Crippen molar-refractivity contribution in [3.05, 3.63) is 11.6 Å². The van der Waals surface area contributed by atoms with Crippen LogP contribution in [-0.2, 0) is 19.1 Å². The Balaban J connectivity index is 1.46. The zero-order valence-electron chi connectivity index (χ0n) is 28.0. The van der Waals surface area contributed by atoms with E-state index in [1.807, 2.05) is 6.92 Å². The summed E-state index contributed by atoms with van der Waals surface area (Å²) in [5.41, 5.74) is -1.50. The molecule has 11 nitrogen and oxygen atoms in total. The average molecular weight is 653 g/mol. The Morgan fingerprint density at radius 1 is 0.978 bits per heavy atom. The van der Waals surface area contributed by atoms with Crippen LogP contribution < -0.4 is 0 Å². The van der Waals surface area contributed by atoms with Crippen molar-refractivity contribution in [1.29, 1.82) is 0 Å². The highest BCUT2D eigenvalue weighted by molar-refractivity contribution is 5.80. The zero-order chi connectivity index (χ0) is 34.0. The van der Waals surface area contributed by atoms with E-state index in [1.54, 1.807) is 6.92 Å². The molecule has 0 aromatic heterocycles. The summed E-state index contributed by atoms with van der Waals surface area (Å²) < 4.78 is 11.2. The molecule has 5 aliphatic rings.